The SMILES string of the molecule is Nc1nonc1-n1nnc(C(=O)N/N=C/c2ccccc2O)c1CN1CCCC1. The zero-order valence-corrected chi connectivity index (χ0v) is 15.4. The van der Waals surface area contributed by atoms with Gasteiger partial charge in [-0.05, 0) is 48.4 Å². The van der Waals surface area contributed by atoms with Crippen molar-refractivity contribution in [1.82, 2.24) is 35.6 Å². The number of aromatic hydroxyl groups is 1. The fourth-order valence-corrected chi connectivity index (χ4v) is 3.09. The molecule has 0 spiro atoms. The van der Waals surface area contributed by atoms with Crippen molar-refractivity contribution in [3.05, 3.63) is 41.2 Å². The molecule has 0 unspecified atom stereocenters. The lowest BCUT2D eigenvalue weighted by molar-refractivity contribution is 0.0948. The highest BCUT2D eigenvalue weighted by Crippen LogP contribution is 2.20. The molecule has 1 amide bonds. The summed E-state index contributed by atoms with van der Waals surface area (Å²) in [7, 11) is 0. The van der Waals surface area contributed by atoms with Crippen molar-refractivity contribution < 1.29 is 14.5 Å². The zero-order valence-electron chi connectivity index (χ0n) is 15.4. The highest BCUT2D eigenvalue weighted by atomic mass is 16.6. The minimum absolute atomic E-state index is 0.0436. The molecule has 1 aliphatic heterocycles. The molecule has 0 bridgehead atoms. The van der Waals surface area contributed by atoms with Crippen LogP contribution >= 0.6 is 0 Å². The number of hydrazone groups is 1. The topological polar surface area (TPSA) is 161 Å². The second kappa shape index (κ2) is 8.06. The molecule has 4 N–H and O–H groups in total. The van der Waals surface area contributed by atoms with Gasteiger partial charge in [-0.15, -0.1) is 5.10 Å². The third kappa shape index (κ3) is 3.91. The van der Waals surface area contributed by atoms with E-state index in [4.69, 9.17) is 5.73 Å². The minimum atomic E-state index is -0.549. The number of benzene rings is 1. The third-order valence-corrected chi connectivity index (χ3v) is 4.55. The van der Waals surface area contributed by atoms with Gasteiger partial charge in [0.2, 0.25) is 11.6 Å². The lowest BCUT2D eigenvalue weighted by Crippen LogP contribution is -2.25. The Morgan fingerprint density at radius 3 is 2.83 bits per heavy atom. The first-order chi connectivity index (χ1) is 14.1. The maximum atomic E-state index is 12.7. The molecule has 1 aromatic carbocycles. The van der Waals surface area contributed by atoms with E-state index in [9.17, 15) is 9.90 Å². The molecule has 1 fully saturated rings. The van der Waals surface area contributed by atoms with Crippen molar-refractivity contribution in [3.63, 3.8) is 0 Å². The Kier molecular flexibility index (Phi) is 5.16. The molecule has 0 radical (unpaired) electrons. The number of carbonyl (C=O) groups is 1. The van der Waals surface area contributed by atoms with Crippen LogP contribution in [0.2, 0.25) is 0 Å². The summed E-state index contributed by atoms with van der Waals surface area (Å²) in [6, 6.07) is 6.64. The fourth-order valence-electron chi connectivity index (χ4n) is 3.09. The highest BCUT2D eigenvalue weighted by Gasteiger charge is 2.26. The molecule has 4 rings (SSSR count). The summed E-state index contributed by atoms with van der Waals surface area (Å²) in [5.74, 6) is -0.280. The van der Waals surface area contributed by atoms with Gasteiger partial charge in [0.15, 0.2) is 5.69 Å². The van der Waals surface area contributed by atoms with Crippen LogP contribution < -0.4 is 11.2 Å². The highest BCUT2D eigenvalue weighted by molar-refractivity contribution is 5.94. The van der Waals surface area contributed by atoms with E-state index in [0.717, 1.165) is 25.9 Å². The minimum Gasteiger partial charge on any atom is -0.507 e. The summed E-state index contributed by atoms with van der Waals surface area (Å²) in [5.41, 5.74) is 9.25. The van der Waals surface area contributed by atoms with Gasteiger partial charge in [-0.3, -0.25) is 9.69 Å². The molecule has 29 heavy (non-hydrogen) atoms. The molecule has 12 heteroatoms. The monoisotopic (exact) mass is 397 g/mol. The van der Waals surface area contributed by atoms with Crippen LogP contribution in [-0.2, 0) is 6.54 Å². The van der Waals surface area contributed by atoms with Crippen molar-refractivity contribution in [2.75, 3.05) is 18.8 Å². The number of anilines is 1. The first-order valence-electron chi connectivity index (χ1n) is 9.00. The smallest absolute Gasteiger partial charge is 0.293 e. The van der Waals surface area contributed by atoms with Crippen molar-refractivity contribution in [3.8, 4) is 11.6 Å². The lowest BCUT2D eigenvalue weighted by atomic mass is 10.2. The molecule has 0 aliphatic carbocycles. The molecule has 3 heterocycles. The molecule has 2 aromatic heterocycles. The van der Waals surface area contributed by atoms with Gasteiger partial charge >= 0.3 is 0 Å². The van der Waals surface area contributed by atoms with Crippen LogP contribution in [0.4, 0.5) is 5.82 Å². The number of nitrogens with two attached hydrogens (primary N) is 1. The number of amides is 1. The first kappa shape index (κ1) is 18.6. The quantitative estimate of drug-likeness (QED) is 0.392. The van der Waals surface area contributed by atoms with Gasteiger partial charge in [0.05, 0.1) is 11.9 Å². The standard InChI is InChI=1S/C17H19N9O3/c18-15-16(23-29-22-15)26-12(10-25-7-3-4-8-25)14(20-24-26)17(28)21-19-9-11-5-1-2-6-13(11)27/h1-2,5-6,9,27H,3-4,7-8,10H2,(H2,18,22)(H,21,28)/b19-9+. The van der Waals surface area contributed by atoms with Crippen LogP contribution in [0.3, 0.4) is 0 Å². The van der Waals surface area contributed by atoms with Gasteiger partial charge < -0.3 is 10.8 Å². The molecule has 3 aromatic rings. The maximum Gasteiger partial charge on any atom is 0.293 e. The average Bonchev–Trinajstić information content (AvgIpc) is 3.45. The summed E-state index contributed by atoms with van der Waals surface area (Å²) in [4.78, 5) is 14.9. The lowest BCUT2D eigenvalue weighted by Gasteiger charge is -2.15. The van der Waals surface area contributed by atoms with Gasteiger partial charge in [0, 0.05) is 12.1 Å². The van der Waals surface area contributed by atoms with Crippen LogP contribution in [0.5, 0.6) is 5.75 Å². The number of hydrogen-bond donors (Lipinski definition) is 3. The van der Waals surface area contributed by atoms with Crippen molar-refractivity contribution in [1.29, 1.82) is 0 Å². The Morgan fingerprint density at radius 1 is 1.31 bits per heavy atom. The Hall–Kier alpha value is -3.80. The van der Waals surface area contributed by atoms with Gasteiger partial charge in [0.25, 0.3) is 5.91 Å². The van der Waals surface area contributed by atoms with E-state index >= 15 is 0 Å². The zero-order chi connectivity index (χ0) is 20.2. The fraction of sp³-hybridized carbons (Fsp3) is 0.294. The first-order valence-corrected chi connectivity index (χ1v) is 9.00. The number of carbonyl (C=O) groups excluding carboxylic acids is 1. The van der Waals surface area contributed by atoms with Crippen LogP contribution in [0.1, 0.15) is 34.6 Å². The number of likely N-dealkylation sites (tertiary alicyclic amines) is 1. The molecule has 1 aliphatic rings. The Bertz CT molecular complexity index is 1040. The van der Waals surface area contributed by atoms with Gasteiger partial charge in [-0.1, -0.05) is 17.3 Å². The predicted molar refractivity (Wildman–Crippen MR) is 101 cm³/mol. The Morgan fingerprint density at radius 2 is 2.10 bits per heavy atom. The van der Waals surface area contributed by atoms with E-state index in [2.05, 4.69) is 40.7 Å². The maximum absolute atomic E-state index is 12.7. The Labute approximate surface area is 164 Å². The van der Waals surface area contributed by atoms with Crippen molar-refractivity contribution >= 4 is 17.9 Å². The number of phenolic OH excluding ortho intramolecular Hbond substituents is 1. The number of phenols is 1. The molecule has 12 nitrogen and oxygen atoms in total. The molecule has 0 saturated carbocycles. The number of aromatic nitrogens is 5. The number of nitrogens with one attached hydrogen (secondary N) is 1. The molecule has 1 saturated heterocycles. The van der Waals surface area contributed by atoms with Gasteiger partial charge in [0.1, 0.15) is 5.75 Å². The molecular weight excluding hydrogens is 378 g/mol. The van der Waals surface area contributed by atoms with Crippen LogP contribution in [0.15, 0.2) is 34.0 Å². The van der Waals surface area contributed by atoms with Crippen LogP contribution in [0.25, 0.3) is 5.82 Å². The van der Waals surface area contributed by atoms with E-state index in [1.165, 1.54) is 17.0 Å². The molecule has 0 atom stereocenters. The summed E-state index contributed by atoms with van der Waals surface area (Å²) >= 11 is 0. The van der Waals surface area contributed by atoms with Crippen molar-refractivity contribution in [2.24, 2.45) is 5.10 Å². The number of nitrogens with zero attached hydrogens (tertiary/aromatic N) is 7. The summed E-state index contributed by atoms with van der Waals surface area (Å²) in [6.45, 7) is 2.25. The van der Waals surface area contributed by atoms with E-state index < -0.39 is 5.91 Å². The number of rotatable bonds is 6. The van der Waals surface area contributed by atoms with E-state index in [1.54, 1.807) is 18.2 Å². The van der Waals surface area contributed by atoms with Crippen molar-refractivity contribution in [2.45, 2.75) is 19.4 Å². The van der Waals surface area contributed by atoms with Crippen LogP contribution in [0, 0.1) is 0 Å². The van der Waals surface area contributed by atoms with Crippen LogP contribution in [-0.4, -0.2) is 60.5 Å². The van der Waals surface area contributed by atoms with E-state index in [1.807, 2.05) is 0 Å². The largest absolute Gasteiger partial charge is 0.507 e. The van der Waals surface area contributed by atoms with Gasteiger partial charge in [-0.2, -0.15) is 9.78 Å². The number of hydrogen-bond acceptors (Lipinski definition) is 10. The van der Waals surface area contributed by atoms with Gasteiger partial charge in [-0.25, -0.2) is 10.1 Å². The number of nitrogen functional groups attached to an aromatic ring is 1. The Balaban J connectivity index is 1.58. The third-order valence-electron chi connectivity index (χ3n) is 4.55. The predicted octanol–water partition coefficient (Wildman–Crippen LogP) is 0.298. The van der Waals surface area contributed by atoms with E-state index in [0.29, 0.717) is 17.8 Å². The summed E-state index contributed by atoms with van der Waals surface area (Å²) in [5, 5.41) is 28.9. The van der Waals surface area contributed by atoms with E-state index in [-0.39, 0.29) is 23.1 Å². The molecule has 150 valence electrons. The molecular formula is C17H19N9O3. The summed E-state index contributed by atoms with van der Waals surface area (Å²) < 4.78 is 6.00. The number of para-hydroxylation sites is 1. The second-order valence-corrected chi connectivity index (χ2v) is 6.51. The summed E-state index contributed by atoms with van der Waals surface area (Å²) in [6.07, 6.45) is 3.51. The second-order valence-electron chi connectivity index (χ2n) is 6.51. The average molecular weight is 397 g/mol. The normalized spacial score (nSPS) is 14.6.